The minimum Gasteiger partial charge on any atom is -0.491 e. The van der Waals surface area contributed by atoms with Gasteiger partial charge in [-0.25, -0.2) is 0 Å². The molecule has 4 rings (SSSR count). The molecule has 0 aliphatic carbocycles. The standard InChI is InChI=1S/C29H28O4/c1-3-11-24(12-4-1)26-15-7-9-17-28(26)32-21-19-30-23-31-20-22-33-29-18-10-8-16-27(29)25-13-5-2-6-14-25/h1-18H,19-23H2. The van der Waals surface area contributed by atoms with Crippen molar-refractivity contribution in [3.8, 4) is 33.8 Å². The zero-order valence-corrected chi connectivity index (χ0v) is 18.6. The molecule has 0 saturated carbocycles. The van der Waals surface area contributed by atoms with Gasteiger partial charge in [-0.2, -0.15) is 0 Å². The van der Waals surface area contributed by atoms with Crippen LogP contribution in [-0.2, 0) is 9.47 Å². The first-order chi connectivity index (χ1) is 16.4. The molecular weight excluding hydrogens is 412 g/mol. The highest BCUT2D eigenvalue weighted by molar-refractivity contribution is 5.71. The highest BCUT2D eigenvalue weighted by atomic mass is 16.7. The Labute approximate surface area is 195 Å². The van der Waals surface area contributed by atoms with Crippen LogP contribution in [0.25, 0.3) is 22.3 Å². The van der Waals surface area contributed by atoms with E-state index in [2.05, 4.69) is 36.4 Å². The van der Waals surface area contributed by atoms with Gasteiger partial charge in [-0.1, -0.05) is 97.1 Å². The van der Waals surface area contributed by atoms with Gasteiger partial charge < -0.3 is 18.9 Å². The van der Waals surface area contributed by atoms with Crippen molar-refractivity contribution < 1.29 is 18.9 Å². The third-order valence-electron chi connectivity index (χ3n) is 5.08. The lowest BCUT2D eigenvalue weighted by molar-refractivity contribution is -0.0661. The Morgan fingerprint density at radius 1 is 0.394 bits per heavy atom. The average molecular weight is 441 g/mol. The van der Waals surface area contributed by atoms with Crippen LogP contribution in [0.2, 0.25) is 0 Å². The summed E-state index contributed by atoms with van der Waals surface area (Å²) in [6, 6.07) is 36.5. The smallest absolute Gasteiger partial charge is 0.147 e. The minimum absolute atomic E-state index is 0.202. The van der Waals surface area contributed by atoms with Gasteiger partial charge in [-0.3, -0.25) is 0 Å². The third kappa shape index (κ3) is 6.69. The van der Waals surface area contributed by atoms with Gasteiger partial charge in [0.1, 0.15) is 31.5 Å². The van der Waals surface area contributed by atoms with Crippen LogP contribution in [0.5, 0.6) is 11.5 Å². The fourth-order valence-corrected chi connectivity index (χ4v) is 3.50. The number of ether oxygens (including phenoxy) is 4. The average Bonchev–Trinajstić information content (AvgIpc) is 2.89. The van der Waals surface area contributed by atoms with E-state index < -0.39 is 0 Å². The molecule has 0 aromatic heterocycles. The molecule has 0 atom stereocenters. The Hall–Kier alpha value is -3.60. The zero-order chi connectivity index (χ0) is 22.6. The van der Waals surface area contributed by atoms with Crippen LogP contribution in [-0.4, -0.2) is 33.2 Å². The van der Waals surface area contributed by atoms with Crippen molar-refractivity contribution in [1.29, 1.82) is 0 Å². The summed E-state index contributed by atoms with van der Waals surface area (Å²) in [6.07, 6.45) is 0. The van der Waals surface area contributed by atoms with Gasteiger partial charge in [-0.05, 0) is 23.3 Å². The van der Waals surface area contributed by atoms with Crippen LogP contribution in [0, 0.1) is 0 Å². The van der Waals surface area contributed by atoms with Crippen molar-refractivity contribution in [3.63, 3.8) is 0 Å². The molecule has 0 aliphatic heterocycles. The largest absolute Gasteiger partial charge is 0.491 e. The van der Waals surface area contributed by atoms with Gasteiger partial charge in [0.05, 0.1) is 13.2 Å². The molecule has 0 bridgehead atoms. The summed E-state index contributed by atoms with van der Waals surface area (Å²) in [4.78, 5) is 0. The summed E-state index contributed by atoms with van der Waals surface area (Å²) in [6.45, 7) is 2.00. The lowest BCUT2D eigenvalue weighted by Gasteiger charge is -2.13. The molecular formula is C29H28O4. The summed E-state index contributed by atoms with van der Waals surface area (Å²) in [5.74, 6) is 1.69. The van der Waals surface area contributed by atoms with E-state index in [0.717, 1.165) is 33.8 Å². The van der Waals surface area contributed by atoms with Crippen LogP contribution in [0.4, 0.5) is 0 Å². The lowest BCUT2D eigenvalue weighted by atomic mass is 10.1. The second kappa shape index (κ2) is 12.4. The Balaban J connectivity index is 1.14. The van der Waals surface area contributed by atoms with Crippen LogP contribution < -0.4 is 9.47 Å². The fraction of sp³-hybridized carbons (Fsp3) is 0.172. The monoisotopic (exact) mass is 440 g/mol. The van der Waals surface area contributed by atoms with E-state index in [1.54, 1.807) is 0 Å². The van der Waals surface area contributed by atoms with E-state index in [9.17, 15) is 0 Å². The molecule has 0 unspecified atom stereocenters. The van der Waals surface area contributed by atoms with Crippen molar-refractivity contribution in [3.05, 3.63) is 109 Å². The maximum Gasteiger partial charge on any atom is 0.147 e. The topological polar surface area (TPSA) is 36.9 Å². The first kappa shape index (κ1) is 22.6. The number of hydrogen-bond acceptors (Lipinski definition) is 4. The molecule has 0 fully saturated rings. The van der Waals surface area contributed by atoms with Gasteiger partial charge in [-0.15, -0.1) is 0 Å². The number of rotatable bonds is 12. The van der Waals surface area contributed by atoms with E-state index in [0.29, 0.717) is 26.4 Å². The molecule has 0 radical (unpaired) electrons. The van der Waals surface area contributed by atoms with Gasteiger partial charge in [0, 0.05) is 11.1 Å². The maximum atomic E-state index is 5.93. The lowest BCUT2D eigenvalue weighted by Crippen LogP contribution is -2.13. The molecule has 0 spiro atoms. The quantitative estimate of drug-likeness (QED) is 0.187. The van der Waals surface area contributed by atoms with Crippen molar-refractivity contribution in [2.75, 3.05) is 33.2 Å². The van der Waals surface area contributed by atoms with Crippen molar-refractivity contribution in [2.24, 2.45) is 0 Å². The molecule has 4 nitrogen and oxygen atoms in total. The molecule has 168 valence electrons. The van der Waals surface area contributed by atoms with Crippen molar-refractivity contribution >= 4 is 0 Å². The Kier molecular flexibility index (Phi) is 8.52. The third-order valence-corrected chi connectivity index (χ3v) is 5.08. The number of para-hydroxylation sites is 2. The first-order valence-corrected chi connectivity index (χ1v) is 11.1. The van der Waals surface area contributed by atoms with Gasteiger partial charge >= 0.3 is 0 Å². The summed E-state index contributed by atoms with van der Waals surface area (Å²) < 4.78 is 22.9. The van der Waals surface area contributed by atoms with Crippen LogP contribution in [0.15, 0.2) is 109 Å². The molecule has 4 aromatic carbocycles. The van der Waals surface area contributed by atoms with Gasteiger partial charge in [0.15, 0.2) is 0 Å². The molecule has 0 N–H and O–H groups in total. The Morgan fingerprint density at radius 3 is 1.24 bits per heavy atom. The van der Waals surface area contributed by atoms with Crippen LogP contribution in [0.3, 0.4) is 0 Å². The predicted molar refractivity (Wildman–Crippen MR) is 132 cm³/mol. The van der Waals surface area contributed by atoms with Crippen molar-refractivity contribution in [2.45, 2.75) is 0 Å². The summed E-state index contributed by atoms with van der Waals surface area (Å²) in [5, 5.41) is 0. The van der Waals surface area contributed by atoms with Gasteiger partial charge in [0.25, 0.3) is 0 Å². The van der Waals surface area contributed by atoms with E-state index in [-0.39, 0.29) is 6.79 Å². The molecule has 4 heteroatoms. The molecule has 0 heterocycles. The number of hydrogen-bond donors (Lipinski definition) is 0. The van der Waals surface area contributed by atoms with Crippen molar-refractivity contribution in [1.82, 2.24) is 0 Å². The highest BCUT2D eigenvalue weighted by Gasteiger charge is 2.06. The second-order valence-corrected chi connectivity index (χ2v) is 7.36. The van der Waals surface area contributed by atoms with E-state index in [1.165, 1.54) is 0 Å². The molecule has 0 saturated heterocycles. The fourth-order valence-electron chi connectivity index (χ4n) is 3.50. The molecule has 0 aliphatic rings. The zero-order valence-electron chi connectivity index (χ0n) is 18.6. The normalized spacial score (nSPS) is 10.7. The molecule has 0 amide bonds. The number of benzene rings is 4. The van der Waals surface area contributed by atoms with Crippen LogP contribution >= 0.6 is 0 Å². The van der Waals surface area contributed by atoms with Crippen LogP contribution in [0.1, 0.15) is 0 Å². The van der Waals surface area contributed by atoms with Gasteiger partial charge in [0.2, 0.25) is 0 Å². The summed E-state index contributed by atoms with van der Waals surface area (Å²) in [7, 11) is 0. The molecule has 4 aromatic rings. The Morgan fingerprint density at radius 2 is 0.788 bits per heavy atom. The Bertz CT molecular complexity index is 1010. The maximum absolute atomic E-state index is 5.93. The minimum atomic E-state index is 0.202. The summed E-state index contributed by atoms with van der Waals surface area (Å²) >= 11 is 0. The predicted octanol–water partition coefficient (Wildman–Crippen LogP) is 6.47. The van der Waals surface area contributed by atoms with E-state index in [1.807, 2.05) is 72.8 Å². The van der Waals surface area contributed by atoms with E-state index >= 15 is 0 Å². The molecule has 33 heavy (non-hydrogen) atoms. The first-order valence-electron chi connectivity index (χ1n) is 11.1. The highest BCUT2D eigenvalue weighted by Crippen LogP contribution is 2.30. The van der Waals surface area contributed by atoms with E-state index in [4.69, 9.17) is 18.9 Å². The summed E-state index contributed by atoms with van der Waals surface area (Å²) in [5.41, 5.74) is 4.40. The second-order valence-electron chi connectivity index (χ2n) is 7.36. The SMILES string of the molecule is c1ccc(-c2ccccc2OCCOCOCCOc2ccccc2-c2ccccc2)cc1.